The topological polar surface area (TPSA) is 50.2 Å². The molecule has 90 valence electrons. The van der Waals surface area contributed by atoms with Gasteiger partial charge in [-0.3, -0.25) is 14.4 Å². The Morgan fingerprint density at radius 2 is 2.29 bits per heavy atom. The summed E-state index contributed by atoms with van der Waals surface area (Å²) in [5, 5.41) is 7.51. The minimum absolute atomic E-state index is 0.0826. The van der Waals surface area contributed by atoms with Gasteiger partial charge in [-0.25, -0.2) is 0 Å². The van der Waals surface area contributed by atoms with E-state index >= 15 is 0 Å². The zero-order chi connectivity index (χ0) is 12.6. The highest BCUT2D eigenvalue weighted by Crippen LogP contribution is 2.15. The molecule has 6 heteroatoms. The lowest BCUT2D eigenvalue weighted by atomic mass is 10.2. The number of thiocarbonyl (C=S) groups is 1. The Kier molecular flexibility index (Phi) is 2.97. The third-order valence-corrected chi connectivity index (χ3v) is 3.17. The van der Waals surface area contributed by atoms with E-state index in [1.807, 2.05) is 20.9 Å². The van der Waals surface area contributed by atoms with Gasteiger partial charge in [0.15, 0.2) is 5.11 Å². The minimum Gasteiger partial charge on any atom is -0.328 e. The molecule has 1 N–H and O–H groups in total. The van der Waals surface area contributed by atoms with E-state index in [-0.39, 0.29) is 5.91 Å². The van der Waals surface area contributed by atoms with Crippen molar-refractivity contribution in [3.8, 4) is 0 Å². The van der Waals surface area contributed by atoms with Crippen LogP contribution in [0.1, 0.15) is 18.2 Å². The summed E-state index contributed by atoms with van der Waals surface area (Å²) in [7, 11) is 1.87. The van der Waals surface area contributed by atoms with Crippen molar-refractivity contribution in [3.05, 3.63) is 23.2 Å². The smallest absolute Gasteiger partial charge is 0.276 e. The fourth-order valence-corrected chi connectivity index (χ4v) is 1.99. The van der Waals surface area contributed by atoms with Gasteiger partial charge >= 0.3 is 0 Å². The van der Waals surface area contributed by atoms with Crippen LogP contribution < -0.4 is 5.32 Å². The Hall–Kier alpha value is -1.69. The van der Waals surface area contributed by atoms with Crippen LogP contribution in [-0.4, -0.2) is 32.2 Å². The molecule has 1 aliphatic rings. The van der Waals surface area contributed by atoms with E-state index in [4.69, 9.17) is 12.2 Å². The molecule has 0 aliphatic carbocycles. The monoisotopic (exact) mass is 250 g/mol. The summed E-state index contributed by atoms with van der Waals surface area (Å²) in [5.74, 6) is -0.0826. The molecule has 1 fully saturated rings. The molecule has 1 aromatic heterocycles. The number of nitrogens with one attached hydrogen (secondary N) is 1. The van der Waals surface area contributed by atoms with Gasteiger partial charge in [-0.2, -0.15) is 5.10 Å². The molecule has 0 unspecified atom stereocenters. The van der Waals surface area contributed by atoms with Crippen LogP contribution in [0.5, 0.6) is 0 Å². The first kappa shape index (κ1) is 11.8. The van der Waals surface area contributed by atoms with E-state index < -0.39 is 0 Å². The van der Waals surface area contributed by atoms with Crippen molar-refractivity contribution in [2.45, 2.75) is 13.8 Å². The predicted molar refractivity (Wildman–Crippen MR) is 69.0 cm³/mol. The SMILES string of the molecule is CCN1C(=O)/C(=C\c2cnn(C)c2C)NC1=S. The van der Waals surface area contributed by atoms with Gasteiger partial charge in [0.1, 0.15) is 5.70 Å². The average molecular weight is 250 g/mol. The van der Waals surface area contributed by atoms with Crippen LogP contribution in [-0.2, 0) is 11.8 Å². The minimum atomic E-state index is -0.0826. The van der Waals surface area contributed by atoms with Gasteiger partial charge in [-0.1, -0.05) is 0 Å². The van der Waals surface area contributed by atoms with Crippen LogP contribution in [0.2, 0.25) is 0 Å². The highest BCUT2D eigenvalue weighted by Gasteiger charge is 2.29. The fraction of sp³-hybridized carbons (Fsp3) is 0.364. The number of likely N-dealkylation sites (N-methyl/N-ethyl adjacent to an activating group) is 1. The second-order valence-electron chi connectivity index (χ2n) is 3.85. The van der Waals surface area contributed by atoms with E-state index in [2.05, 4.69) is 10.4 Å². The van der Waals surface area contributed by atoms with Crippen LogP contribution in [0.4, 0.5) is 0 Å². The highest BCUT2D eigenvalue weighted by atomic mass is 32.1. The number of carbonyl (C=O) groups is 1. The van der Waals surface area contributed by atoms with Crippen molar-refractivity contribution >= 4 is 29.3 Å². The Labute approximate surface area is 105 Å². The van der Waals surface area contributed by atoms with Crippen LogP contribution in [0, 0.1) is 6.92 Å². The molecule has 2 heterocycles. The third kappa shape index (κ3) is 1.95. The molecule has 2 rings (SSSR count). The van der Waals surface area contributed by atoms with Gasteiger partial charge in [0.25, 0.3) is 5.91 Å². The van der Waals surface area contributed by atoms with Gasteiger partial charge in [0.2, 0.25) is 0 Å². The zero-order valence-electron chi connectivity index (χ0n) is 10.0. The van der Waals surface area contributed by atoms with Gasteiger partial charge in [-0.15, -0.1) is 0 Å². The normalized spacial score (nSPS) is 18.1. The lowest BCUT2D eigenvalue weighted by molar-refractivity contribution is -0.122. The van der Waals surface area contributed by atoms with Crippen LogP contribution >= 0.6 is 12.2 Å². The Balaban J connectivity index is 2.33. The molecule has 1 aliphatic heterocycles. The third-order valence-electron chi connectivity index (χ3n) is 2.85. The van der Waals surface area contributed by atoms with E-state index in [0.717, 1.165) is 11.3 Å². The van der Waals surface area contributed by atoms with E-state index in [9.17, 15) is 4.79 Å². The molecule has 0 atom stereocenters. The quantitative estimate of drug-likeness (QED) is 0.623. The molecule has 0 saturated carbocycles. The number of hydrogen-bond acceptors (Lipinski definition) is 3. The number of amides is 1. The summed E-state index contributed by atoms with van der Waals surface area (Å²) in [4.78, 5) is 13.5. The second-order valence-corrected chi connectivity index (χ2v) is 4.23. The number of aryl methyl sites for hydroxylation is 1. The second kappa shape index (κ2) is 4.29. The van der Waals surface area contributed by atoms with Gasteiger partial charge < -0.3 is 5.32 Å². The van der Waals surface area contributed by atoms with E-state index in [0.29, 0.717) is 17.4 Å². The molecule has 1 amide bonds. The summed E-state index contributed by atoms with van der Waals surface area (Å²) in [6, 6.07) is 0. The van der Waals surface area contributed by atoms with Crippen molar-refractivity contribution in [1.82, 2.24) is 20.0 Å². The molecule has 0 radical (unpaired) electrons. The van der Waals surface area contributed by atoms with Crippen molar-refractivity contribution < 1.29 is 4.79 Å². The molecule has 0 bridgehead atoms. The Bertz CT molecular complexity index is 518. The van der Waals surface area contributed by atoms with Gasteiger partial charge in [0.05, 0.1) is 6.20 Å². The van der Waals surface area contributed by atoms with E-state index in [1.54, 1.807) is 17.0 Å². The van der Waals surface area contributed by atoms with Crippen molar-refractivity contribution in [1.29, 1.82) is 0 Å². The standard InChI is InChI=1S/C11H14N4OS/c1-4-15-10(16)9(13-11(15)17)5-8-6-12-14(3)7(8)2/h5-6H,4H2,1-3H3,(H,13,17)/b9-5+. The zero-order valence-corrected chi connectivity index (χ0v) is 10.8. The average Bonchev–Trinajstić information content (AvgIpc) is 2.74. The van der Waals surface area contributed by atoms with Gasteiger partial charge in [0, 0.05) is 24.8 Å². The van der Waals surface area contributed by atoms with Crippen LogP contribution in [0.15, 0.2) is 11.9 Å². The fourth-order valence-electron chi connectivity index (χ4n) is 1.67. The first-order chi connectivity index (χ1) is 8.04. The molecule has 1 saturated heterocycles. The summed E-state index contributed by atoms with van der Waals surface area (Å²) in [5.41, 5.74) is 2.44. The molecule has 0 aromatic carbocycles. The maximum Gasteiger partial charge on any atom is 0.276 e. The van der Waals surface area contributed by atoms with Gasteiger partial charge in [-0.05, 0) is 32.1 Å². The number of carbonyl (C=O) groups excluding carboxylic acids is 1. The van der Waals surface area contributed by atoms with Crippen LogP contribution in [0.25, 0.3) is 6.08 Å². The largest absolute Gasteiger partial charge is 0.328 e. The Morgan fingerprint density at radius 3 is 2.76 bits per heavy atom. The molecule has 17 heavy (non-hydrogen) atoms. The predicted octanol–water partition coefficient (Wildman–Crippen LogP) is 0.806. The molecular formula is C11H14N4OS. The summed E-state index contributed by atoms with van der Waals surface area (Å²) in [6.45, 7) is 4.42. The lowest BCUT2D eigenvalue weighted by Crippen LogP contribution is -2.30. The molecular weight excluding hydrogens is 236 g/mol. The summed E-state index contributed by atoms with van der Waals surface area (Å²) >= 11 is 5.08. The maximum atomic E-state index is 11.9. The first-order valence-electron chi connectivity index (χ1n) is 5.37. The molecule has 5 nitrogen and oxygen atoms in total. The van der Waals surface area contributed by atoms with Crippen LogP contribution in [0.3, 0.4) is 0 Å². The molecule has 1 aromatic rings. The van der Waals surface area contributed by atoms with Crippen molar-refractivity contribution in [2.75, 3.05) is 6.54 Å². The van der Waals surface area contributed by atoms with Crippen molar-refractivity contribution in [3.63, 3.8) is 0 Å². The summed E-state index contributed by atoms with van der Waals surface area (Å²) < 4.78 is 1.77. The molecule has 0 spiro atoms. The number of nitrogens with zero attached hydrogens (tertiary/aromatic N) is 3. The highest BCUT2D eigenvalue weighted by molar-refractivity contribution is 7.80. The number of hydrogen-bond donors (Lipinski definition) is 1. The Morgan fingerprint density at radius 1 is 1.59 bits per heavy atom. The number of rotatable bonds is 2. The van der Waals surface area contributed by atoms with Crippen molar-refractivity contribution in [2.24, 2.45) is 7.05 Å². The first-order valence-corrected chi connectivity index (χ1v) is 5.78. The summed E-state index contributed by atoms with van der Waals surface area (Å²) in [6.07, 6.45) is 3.52. The number of aromatic nitrogens is 2. The van der Waals surface area contributed by atoms with E-state index in [1.165, 1.54) is 4.90 Å². The maximum absolute atomic E-state index is 11.9. The lowest BCUT2D eigenvalue weighted by Gasteiger charge is -2.08.